The minimum Gasteiger partial charge on any atom is -0.379 e. The summed E-state index contributed by atoms with van der Waals surface area (Å²) in [6.07, 6.45) is 8.12. The highest BCUT2D eigenvalue weighted by atomic mass is 35.5. The van der Waals surface area contributed by atoms with Crippen molar-refractivity contribution in [2.45, 2.75) is 18.9 Å². The molecule has 0 spiro atoms. The SMILES string of the molecule is Clc1cccc(NC2CN3CCC2CC3)c1-n1ccnc1. The number of nitrogens with one attached hydrogen (secondary N) is 1. The highest BCUT2D eigenvalue weighted by Gasteiger charge is 2.34. The maximum atomic E-state index is 6.42. The number of fused-ring (bicyclic) bond motifs is 3. The number of para-hydroxylation sites is 1. The monoisotopic (exact) mass is 302 g/mol. The fourth-order valence-corrected chi connectivity index (χ4v) is 3.89. The molecule has 3 aliphatic heterocycles. The molecule has 2 bridgehead atoms. The summed E-state index contributed by atoms with van der Waals surface area (Å²) in [4.78, 5) is 6.69. The van der Waals surface area contributed by atoms with Gasteiger partial charge in [-0.1, -0.05) is 17.7 Å². The molecule has 2 aromatic rings. The normalized spacial score (nSPS) is 27.8. The molecule has 0 saturated carbocycles. The molecule has 1 unspecified atom stereocenters. The van der Waals surface area contributed by atoms with Crippen LogP contribution >= 0.6 is 11.6 Å². The van der Waals surface area contributed by atoms with Crippen molar-refractivity contribution in [3.8, 4) is 5.69 Å². The third kappa shape index (κ3) is 2.43. The zero-order valence-electron chi connectivity index (χ0n) is 11.9. The van der Waals surface area contributed by atoms with Crippen LogP contribution in [0.2, 0.25) is 5.02 Å². The van der Waals surface area contributed by atoms with E-state index < -0.39 is 0 Å². The number of imidazole rings is 1. The molecular formula is C16H19ClN4. The predicted octanol–water partition coefficient (Wildman–Crippen LogP) is 3.03. The number of aromatic nitrogens is 2. The summed E-state index contributed by atoms with van der Waals surface area (Å²) < 4.78 is 1.98. The van der Waals surface area contributed by atoms with Gasteiger partial charge in [0.05, 0.1) is 22.7 Å². The van der Waals surface area contributed by atoms with Gasteiger partial charge in [0.25, 0.3) is 0 Å². The van der Waals surface area contributed by atoms with Gasteiger partial charge in [-0.3, -0.25) is 0 Å². The first-order chi connectivity index (χ1) is 10.3. The Kier molecular flexibility index (Phi) is 3.36. The fourth-order valence-electron chi connectivity index (χ4n) is 3.61. The van der Waals surface area contributed by atoms with Crippen LogP contribution in [0.3, 0.4) is 0 Å². The Labute approximate surface area is 129 Å². The lowest BCUT2D eigenvalue weighted by molar-refractivity contribution is 0.0975. The summed E-state index contributed by atoms with van der Waals surface area (Å²) in [5.74, 6) is 0.782. The van der Waals surface area contributed by atoms with Crippen LogP contribution in [0.1, 0.15) is 12.8 Å². The van der Waals surface area contributed by atoms with Gasteiger partial charge >= 0.3 is 0 Å². The second-order valence-corrected chi connectivity index (χ2v) is 6.40. The second kappa shape index (κ2) is 5.35. The largest absolute Gasteiger partial charge is 0.379 e. The van der Waals surface area contributed by atoms with E-state index in [0.717, 1.165) is 28.9 Å². The van der Waals surface area contributed by atoms with Crippen molar-refractivity contribution in [2.75, 3.05) is 25.0 Å². The van der Waals surface area contributed by atoms with E-state index in [4.69, 9.17) is 11.6 Å². The van der Waals surface area contributed by atoms with Crippen molar-refractivity contribution in [3.05, 3.63) is 41.9 Å². The van der Waals surface area contributed by atoms with Crippen LogP contribution in [-0.4, -0.2) is 40.1 Å². The summed E-state index contributed by atoms with van der Waals surface area (Å²) in [5.41, 5.74) is 2.09. The third-order valence-electron chi connectivity index (χ3n) is 4.75. The molecular weight excluding hydrogens is 284 g/mol. The molecule has 5 rings (SSSR count). The standard InChI is InChI=1S/C16H19ClN4/c17-13-2-1-3-14(16(13)21-9-6-18-11-21)19-15-10-20-7-4-12(15)5-8-20/h1-3,6,9,11-12,15,19H,4-5,7-8,10H2. The van der Waals surface area contributed by atoms with Crippen molar-refractivity contribution in [1.82, 2.24) is 14.5 Å². The number of hydrogen-bond donors (Lipinski definition) is 1. The van der Waals surface area contributed by atoms with Crippen molar-refractivity contribution >= 4 is 17.3 Å². The Bertz CT molecular complexity index is 617. The number of nitrogens with zero attached hydrogens (tertiary/aromatic N) is 3. The Morgan fingerprint density at radius 2 is 2.10 bits per heavy atom. The van der Waals surface area contributed by atoms with Crippen LogP contribution in [-0.2, 0) is 0 Å². The van der Waals surface area contributed by atoms with E-state index in [1.807, 2.05) is 22.9 Å². The molecule has 1 N–H and O–H groups in total. The van der Waals surface area contributed by atoms with Crippen molar-refractivity contribution in [3.63, 3.8) is 0 Å². The van der Waals surface area contributed by atoms with E-state index in [9.17, 15) is 0 Å². The first-order valence-corrected chi connectivity index (χ1v) is 7.95. The zero-order chi connectivity index (χ0) is 14.2. The zero-order valence-corrected chi connectivity index (χ0v) is 12.6. The van der Waals surface area contributed by atoms with Gasteiger partial charge < -0.3 is 14.8 Å². The van der Waals surface area contributed by atoms with Gasteiger partial charge in [0, 0.05) is 25.0 Å². The van der Waals surface area contributed by atoms with E-state index in [1.54, 1.807) is 12.5 Å². The highest BCUT2D eigenvalue weighted by molar-refractivity contribution is 6.33. The van der Waals surface area contributed by atoms with Crippen LogP contribution in [0.4, 0.5) is 5.69 Å². The molecule has 4 heterocycles. The van der Waals surface area contributed by atoms with Gasteiger partial charge in [0.1, 0.15) is 0 Å². The lowest BCUT2D eigenvalue weighted by atomic mass is 9.84. The summed E-state index contributed by atoms with van der Waals surface area (Å²) in [7, 11) is 0. The second-order valence-electron chi connectivity index (χ2n) is 5.99. The van der Waals surface area contributed by atoms with E-state index in [-0.39, 0.29) is 0 Å². The van der Waals surface area contributed by atoms with E-state index in [0.29, 0.717) is 6.04 Å². The van der Waals surface area contributed by atoms with Gasteiger partial charge in [-0.2, -0.15) is 0 Å². The number of halogens is 1. The first kappa shape index (κ1) is 13.2. The minimum atomic E-state index is 0.522. The van der Waals surface area contributed by atoms with Crippen LogP contribution in [0.25, 0.3) is 5.69 Å². The third-order valence-corrected chi connectivity index (χ3v) is 5.05. The smallest absolute Gasteiger partial charge is 0.0992 e. The van der Waals surface area contributed by atoms with Gasteiger partial charge in [-0.25, -0.2) is 4.98 Å². The molecule has 0 aliphatic carbocycles. The van der Waals surface area contributed by atoms with E-state index in [1.165, 1.54) is 25.9 Å². The Morgan fingerprint density at radius 3 is 2.76 bits per heavy atom. The fraction of sp³-hybridized carbons (Fsp3) is 0.438. The van der Waals surface area contributed by atoms with Crippen molar-refractivity contribution in [1.29, 1.82) is 0 Å². The average Bonchev–Trinajstić information content (AvgIpc) is 3.02. The molecule has 1 atom stereocenters. The molecule has 5 heteroatoms. The predicted molar refractivity (Wildman–Crippen MR) is 85.1 cm³/mol. The summed E-state index contributed by atoms with van der Waals surface area (Å²) in [6, 6.07) is 6.57. The van der Waals surface area contributed by atoms with Crippen LogP contribution in [0, 0.1) is 5.92 Å². The topological polar surface area (TPSA) is 33.1 Å². The number of benzene rings is 1. The van der Waals surface area contributed by atoms with Gasteiger partial charge in [-0.15, -0.1) is 0 Å². The number of anilines is 1. The molecule has 1 aromatic carbocycles. The summed E-state index contributed by atoms with van der Waals surface area (Å²) in [5, 5.41) is 4.48. The average molecular weight is 303 g/mol. The Hall–Kier alpha value is -1.52. The number of piperidine rings is 3. The molecule has 1 aromatic heterocycles. The van der Waals surface area contributed by atoms with Crippen LogP contribution < -0.4 is 5.32 Å². The molecule has 4 nitrogen and oxygen atoms in total. The Morgan fingerprint density at radius 1 is 1.24 bits per heavy atom. The highest BCUT2D eigenvalue weighted by Crippen LogP contribution is 2.33. The lowest BCUT2D eigenvalue weighted by Crippen LogP contribution is -2.53. The molecule has 0 amide bonds. The lowest BCUT2D eigenvalue weighted by Gasteiger charge is -2.45. The van der Waals surface area contributed by atoms with Gasteiger partial charge in [0.2, 0.25) is 0 Å². The molecule has 110 valence electrons. The molecule has 3 fully saturated rings. The van der Waals surface area contributed by atoms with E-state index >= 15 is 0 Å². The quantitative estimate of drug-likeness (QED) is 0.946. The Balaban J connectivity index is 1.65. The minimum absolute atomic E-state index is 0.522. The molecule has 3 aliphatic rings. The maximum absolute atomic E-state index is 6.42. The van der Waals surface area contributed by atoms with Crippen molar-refractivity contribution in [2.24, 2.45) is 5.92 Å². The van der Waals surface area contributed by atoms with Crippen LogP contribution in [0.5, 0.6) is 0 Å². The first-order valence-electron chi connectivity index (χ1n) is 7.57. The van der Waals surface area contributed by atoms with Gasteiger partial charge in [-0.05, 0) is 44.0 Å². The number of hydrogen-bond acceptors (Lipinski definition) is 3. The van der Waals surface area contributed by atoms with Crippen molar-refractivity contribution < 1.29 is 0 Å². The summed E-state index contributed by atoms with van der Waals surface area (Å²) >= 11 is 6.42. The van der Waals surface area contributed by atoms with E-state index in [2.05, 4.69) is 21.3 Å². The van der Waals surface area contributed by atoms with Gasteiger partial charge in [0.15, 0.2) is 0 Å². The maximum Gasteiger partial charge on any atom is 0.0992 e. The van der Waals surface area contributed by atoms with Crippen LogP contribution in [0.15, 0.2) is 36.9 Å². The molecule has 3 saturated heterocycles. The molecule has 21 heavy (non-hydrogen) atoms. The summed E-state index contributed by atoms with van der Waals surface area (Å²) in [6.45, 7) is 3.65. The number of rotatable bonds is 3. The molecule has 0 radical (unpaired) electrons.